The van der Waals surface area contributed by atoms with Crippen molar-refractivity contribution in [3.8, 4) is 0 Å². The van der Waals surface area contributed by atoms with Gasteiger partial charge in [-0.2, -0.15) is 0 Å². The monoisotopic (exact) mass is 202 g/mol. The molecular formula is C9H14O5. The highest BCUT2D eigenvalue weighted by Gasteiger charge is 2.05. The number of ether oxygens (including phenoxy) is 1. The van der Waals surface area contributed by atoms with Gasteiger partial charge in [0.2, 0.25) is 0 Å². The van der Waals surface area contributed by atoms with Gasteiger partial charge in [0, 0.05) is 12.2 Å². The number of aliphatic hydroxyl groups excluding tert-OH is 1. The molecule has 0 bridgehead atoms. The molecule has 0 saturated heterocycles. The van der Waals surface area contributed by atoms with Gasteiger partial charge >= 0.3 is 11.9 Å². The summed E-state index contributed by atoms with van der Waals surface area (Å²) in [5.74, 6) is -1.97. The number of esters is 1. The number of hydrogen-bond acceptors (Lipinski definition) is 4. The van der Waals surface area contributed by atoms with E-state index in [0.29, 0.717) is 12.5 Å². The van der Waals surface area contributed by atoms with Gasteiger partial charge in [0.25, 0.3) is 0 Å². The topological polar surface area (TPSA) is 83.8 Å². The van der Waals surface area contributed by atoms with Crippen LogP contribution in [-0.2, 0) is 14.3 Å². The first-order valence-corrected chi connectivity index (χ1v) is 4.32. The lowest BCUT2D eigenvalue weighted by atomic mass is 10.2. The number of hydrogen-bond donors (Lipinski definition) is 2. The van der Waals surface area contributed by atoms with Crippen molar-refractivity contribution in [3.63, 3.8) is 0 Å². The van der Waals surface area contributed by atoms with Gasteiger partial charge in [-0.25, -0.2) is 9.59 Å². The number of carbonyl (C=O) groups excluding carboxylic acids is 1. The first-order chi connectivity index (χ1) is 6.56. The molecule has 0 aromatic rings. The number of aliphatic hydroxyl groups is 1. The highest BCUT2D eigenvalue weighted by molar-refractivity contribution is 5.90. The lowest BCUT2D eigenvalue weighted by molar-refractivity contribution is -0.141. The number of aliphatic carboxylic acids is 1. The quantitative estimate of drug-likeness (QED) is 0.479. The van der Waals surface area contributed by atoms with Crippen LogP contribution in [0.4, 0.5) is 0 Å². The van der Waals surface area contributed by atoms with Crippen molar-refractivity contribution >= 4 is 11.9 Å². The smallest absolute Gasteiger partial charge is 0.331 e. The molecule has 0 aliphatic carbocycles. The Morgan fingerprint density at radius 3 is 2.57 bits per heavy atom. The average Bonchev–Trinajstić information content (AvgIpc) is 2.12. The molecule has 0 heterocycles. The van der Waals surface area contributed by atoms with Crippen LogP contribution in [0.1, 0.15) is 19.8 Å². The van der Waals surface area contributed by atoms with E-state index in [1.54, 1.807) is 0 Å². The fraction of sp³-hybridized carbons (Fsp3) is 0.556. The molecule has 0 aliphatic heterocycles. The zero-order chi connectivity index (χ0) is 11.0. The third-order valence-corrected chi connectivity index (χ3v) is 1.40. The molecule has 5 heteroatoms. The van der Waals surface area contributed by atoms with E-state index in [-0.39, 0.29) is 6.61 Å². The largest absolute Gasteiger partial charge is 0.478 e. The Balaban J connectivity index is 3.68. The third kappa shape index (κ3) is 7.30. The molecule has 0 spiro atoms. The number of rotatable bonds is 6. The summed E-state index contributed by atoms with van der Waals surface area (Å²) in [7, 11) is 0. The highest BCUT2D eigenvalue weighted by atomic mass is 16.5. The summed E-state index contributed by atoms with van der Waals surface area (Å²) in [4.78, 5) is 20.8. The maximum absolute atomic E-state index is 10.8. The van der Waals surface area contributed by atoms with Crippen LogP contribution in [0.25, 0.3) is 0 Å². The number of carboxylic acids is 1. The summed E-state index contributed by atoms with van der Waals surface area (Å²) in [6.07, 6.45) is 2.16. The number of carbonyl (C=O) groups is 2. The summed E-state index contributed by atoms with van der Waals surface area (Å²) in [5.41, 5.74) is 0. The van der Waals surface area contributed by atoms with Gasteiger partial charge in [0.1, 0.15) is 6.61 Å². The van der Waals surface area contributed by atoms with Crippen molar-refractivity contribution in [1.29, 1.82) is 0 Å². The Kier molecular flexibility index (Phi) is 6.39. The van der Waals surface area contributed by atoms with Crippen LogP contribution in [0, 0.1) is 0 Å². The van der Waals surface area contributed by atoms with E-state index < -0.39 is 18.0 Å². The summed E-state index contributed by atoms with van der Waals surface area (Å²) < 4.78 is 4.57. The molecule has 80 valence electrons. The van der Waals surface area contributed by atoms with Gasteiger partial charge in [-0.15, -0.1) is 0 Å². The van der Waals surface area contributed by atoms with Crippen LogP contribution in [-0.4, -0.2) is 34.9 Å². The van der Waals surface area contributed by atoms with Gasteiger partial charge in [-0.05, 0) is 6.42 Å². The lowest BCUT2D eigenvalue weighted by Gasteiger charge is -2.07. The number of carboxylic acid groups (broad SMARTS) is 1. The van der Waals surface area contributed by atoms with Crippen LogP contribution in [0.15, 0.2) is 12.2 Å². The maximum Gasteiger partial charge on any atom is 0.331 e. The molecule has 0 saturated carbocycles. The van der Waals surface area contributed by atoms with E-state index in [1.807, 2.05) is 6.92 Å². The third-order valence-electron chi connectivity index (χ3n) is 1.40. The van der Waals surface area contributed by atoms with E-state index in [1.165, 1.54) is 0 Å². The molecule has 0 rings (SSSR count). The van der Waals surface area contributed by atoms with Crippen LogP contribution >= 0.6 is 0 Å². The first kappa shape index (κ1) is 12.6. The predicted molar refractivity (Wildman–Crippen MR) is 48.6 cm³/mol. The van der Waals surface area contributed by atoms with E-state index in [0.717, 1.165) is 12.5 Å². The zero-order valence-corrected chi connectivity index (χ0v) is 7.97. The Hall–Kier alpha value is -1.36. The Morgan fingerprint density at radius 2 is 2.07 bits per heavy atom. The summed E-state index contributed by atoms with van der Waals surface area (Å²) in [6.45, 7) is 1.80. The van der Waals surface area contributed by atoms with E-state index >= 15 is 0 Å². The van der Waals surface area contributed by atoms with Crippen molar-refractivity contribution in [2.24, 2.45) is 0 Å². The Bertz CT molecular complexity index is 221. The minimum absolute atomic E-state index is 0.101. The van der Waals surface area contributed by atoms with Gasteiger partial charge in [0.15, 0.2) is 0 Å². The van der Waals surface area contributed by atoms with E-state index in [9.17, 15) is 9.59 Å². The molecule has 0 radical (unpaired) electrons. The lowest BCUT2D eigenvalue weighted by Crippen LogP contribution is -2.17. The summed E-state index contributed by atoms with van der Waals surface area (Å²) in [5, 5.41) is 17.3. The molecule has 1 atom stereocenters. The van der Waals surface area contributed by atoms with Crippen LogP contribution in [0.3, 0.4) is 0 Å². The Morgan fingerprint density at radius 1 is 1.43 bits per heavy atom. The summed E-state index contributed by atoms with van der Waals surface area (Å²) >= 11 is 0. The van der Waals surface area contributed by atoms with Crippen molar-refractivity contribution in [1.82, 2.24) is 0 Å². The van der Waals surface area contributed by atoms with Gasteiger partial charge < -0.3 is 14.9 Å². The van der Waals surface area contributed by atoms with Gasteiger partial charge in [0.05, 0.1) is 6.10 Å². The normalized spacial score (nSPS) is 12.7. The Labute approximate surface area is 82.0 Å². The molecule has 0 fully saturated rings. The SMILES string of the molecule is CCCC(O)COC(=O)C=CC(=O)O. The molecule has 14 heavy (non-hydrogen) atoms. The molecule has 1 unspecified atom stereocenters. The van der Waals surface area contributed by atoms with E-state index in [2.05, 4.69) is 4.74 Å². The van der Waals surface area contributed by atoms with Crippen molar-refractivity contribution < 1.29 is 24.5 Å². The van der Waals surface area contributed by atoms with Crippen molar-refractivity contribution in [3.05, 3.63) is 12.2 Å². The maximum atomic E-state index is 10.8. The second-order valence-corrected chi connectivity index (χ2v) is 2.74. The second-order valence-electron chi connectivity index (χ2n) is 2.74. The molecule has 5 nitrogen and oxygen atoms in total. The van der Waals surface area contributed by atoms with Crippen LogP contribution in [0.5, 0.6) is 0 Å². The minimum Gasteiger partial charge on any atom is -0.478 e. The standard InChI is InChI=1S/C9H14O5/c1-2-3-7(10)6-14-9(13)5-4-8(11)12/h4-5,7,10H,2-3,6H2,1H3,(H,11,12). The molecule has 0 aromatic heterocycles. The molecule has 0 aromatic carbocycles. The second kappa shape index (κ2) is 7.08. The molecule has 0 aliphatic rings. The van der Waals surface area contributed by atoms with Gasteiger partial charge in [-0.3, -0.25) is 0 Å². The average molecular weight is 202 g/mol. The van der Waals surface area contributed by atoms with Crippen LogP contribution in [0.2, 0.25) is 0 Å². The van der Waals surface area contributed by atoms with Crippen LogP contribution < -0.4 is 0 Å². The van der Waals surface area contributed by atoms with Crippen molar-refractivity contribution in [2.45, 2.75) is 25.9 Å². The van der Waals surface area contributed by atoms with E-state index in [4.69, 9.17) is 10.2 Å². The molecular weight excluding hydrogens is 188 g/mol. The molecule has 0 amide bonds. The fourth-order valence-corrected chi connectivity index (χ4v) is 0.782. The fourth-order valence-electron chi connectivity index (χ4n) is 0.782. The first-order valence-electron chi connectivity index (χ1n) is 4.32. The summed E-state index contributed by atoms with van der Waals surface area (Å²) in [6, 6.07) is 0. The zero-order valence-electron chi connectivity index (χ0n) is 7.97. The molecule has 2 N–H and O–H groups in total. The predicted octanol–water partition coefficient (Wildman–Crippen LogP) is 0.331. The highest BCUT2D eigenvalue weighted by Crippen LogP contribution is 1.96. The van der Waals surface area contributed by atoms with Gasteiger partial charge in [-0.1, -0.05) is 13.3 Å². The van der Waals surface area contributed by atoms with Crippen molar-refractivity contribution in [2.75, 3.05) is 6.61 Å². The minimum atomic E-state index is -1.21.